The minimum Gasteiger partial charge on any atom is -0.392 e. The molecular weight excluding hydrogens is 450 g/mol. The number of aryl methyl sites for hydroxylation is 1. The van der Waals surface area contributed by atoms with Gasteiger partial charge in [-0.3, -0.25) is 14.6 Å². The number of carbonyl (C=O) groups excluding carboxylic acids is 1. The van der Waals surface area contributed by atoms with E-state index in [0.29, 0.717) is 6.04 Å². The SMILES string of the molecule is C=CC(=O)N1CC2(CC(n3nc(-c4ccc(CO)cc4)c(-c4c(C)c(C)cc5[nH]ncc45)c3C)C2)C1. The minimum atomic E-state index is 0.0166. The largest absolute Gasteiger partial charge is 0.392 e. The van der Waals surface area contributed by atoms with Gasteiger partial charge in [-0.05, 0) is 68.0 Å². The van der Waals surface area contributed by atoms with Gasteiger partial charge in [0.25, 0.3) is 0 Å². The van der Waals surface area contributed by atoms with Crippen LogP contribution in [0.2, 0.25) is 0 Å². The second-order valence-corrected chi connectivity index (χ2v) is 10.6. The van der Waals surface area contributed by atoms with Crippen LogP contribution in [0.4, 0.5) is 0 Å². The predicted octanol–water partition coefficient (Wildman–Crippen LogP) is 4.86. The fourth-order valence-corrected chi connectivity index (χ4v) is 6.21. The van der Waals surface area contributed by atoms with Crippen molar-refractivity contribution in [2.24, 2.45) is 5.41 Å². The standard InChI is InChI=1S/C29H31N5O2/c1-5-25(36)33-15-29(16-33)11-22(12-29)34-19(4)27(28(32-34)21-8-6-20(14-35)7-9-21)26-18(3)17(2)10-24-23(26)13-30-31-24/h5-10,13,22,35H,1,11-12,14-16H2,2-4H3,(H,30,31). The van der Waals surface area contributed by atoms with E-state index in [9.17, 15) is 9.90 Å². The Morgan fingerprint density at radius 2 is 1.92 bits per heavy atom. The van der Waals surface area contributed by atoms with Gasteiger partial charge in [-0.25, -0.2) is 0 Å². The number of hydrogen-bond acceptors (Lipinski definition) is 4. The summed E-state index contributed by atoms with van der Waals surface area (Å²) in [7, 11) is 0. The average Bonchev–Trinajstić information content (AvgIpc) is 3.42. The Kier molecular flexibility index (Phi) is 5.16. The lowest BCUT2D eigenvalue weighted by Crippen LogP contribution is -2.63. The van der Waals surface area contributed by atoms with Crippen molar-refractivity contribution in [3.63, 3.8) is 0 Å². The van der Waals surface area contributed by atoms with Gasteiger partial charge in [-0.2, -0.15) is 10.2 Å². The van der Waals surface area contributed by atoms with E-state index in [1.54, 1.807) is 0 Å². The van der Waals surface area contributed by atoms with Gasteiger partial charge in [0.2, 0.25) is 5.91 Å². The minimum absolute atomic E-state index is 0.0166. The van der Waals surface area contributed by atoms with Crippen LogP contribution >= 0.6 is 0 Å². The molecule has 2 aliphatic rings. The van der Waals surface area contributed by atoms with E-state index in [0.717, 1.165) is 64.9 Å². The molecule has 4 aromatic rings. The summed E-state index contributed by atoms with van der Waals surface area (Å²) in [5.74, 6) is 0.0225. The molecule has 1 aliphatic carbocycles. The normalized spacial score (nSPS) is 16.8. The van der Waals surface area contributed by atoms with E-state index in [1.165, 1.54) is 22.8 Å². The van der Waals surface area contributed by atoms with Crippen LogP contribution in [0, 0.1) is 26.2 Å². The summed E-state index contributed by atoms with van der Waals surface area (Å²) in [5.41, 5.74) is 9.97. The van der Waals surface area contributed by atoms with E-state index in [1.807, 2.05) is 35.4 Å². The molecule has 7 nitrogen and oxygen atoms in total. The van der Waals surface area contributed by atoms with Crippen molar-refractivity contribution in [1.82, 2.24) is 24.9 Å². The maximum absolute atomic E-state index is 11.9. The number of aliphatic hydroxyl groups is 1. The number of H-pyrrole nitrogens is 1. The molecule has 2 aromatic carbocycles. The second-order valence-electron chi connectivity index (χ2n) is 10.6. The molecule has 1 saturated carbocycles. The Labute approximate surface area is 210 Å². The first-order valence-corrected chi connectivity index (χ1v) is 12.5. The molecule has 1 spiro atoms. The number of fused-ring (bicyclic) bond motifs is 1. The second kappa shape index (κ2) is 8.17. The van der Waals surface area contributed by atoms with E-state index in [2.05, 4.69) is 48.3 Å². The van der Waals surface area contributed by atoms with Gasteiger partial charge < -0.3 is 10.0 Å². The number of carbonyl (C=O) groups is 1. The van der Waals surface area contributed by atoms with Crippen molar-refractivity contribution in [3.8, 4) is 22.4 Å². The van der Waals surface area contributed by atoms with Crippen LogP contribution < -0.4 is 0 Å². The molecule has 2 aromatic heterocycles. The van der Waals surface area contributed by atoms with Crippen LogP contribution in [-0.4, -0.2) is 49.0 Å². The molecule has 184 valence electrons. The molecular formula is C29H31N5O2. The van der Waals surface area contributed by atoms with Gasteiger partial charge in [0, 0.05) is 40.7 Å². The van der Waals surface area contributed by atoms with Crippen molar-refractivity contribution in [2.75, 3.05) is 13.1 Å². The first-order valence-electron chi connectivity index (χ1n) is 12.5. The Balaban J connectivity index is 1.45. The highest BCUT2D eigenvalue weighted by molar-refractivity contribution is 6.01. The van der Waals surface area contributed by atoms with Gasteiger partial charge >= 0.3 is 0 Å². The highest BCUT2D eigenvalue weighted by Crippen LogP contribution is 2.55. The number of likely N-dealkylation sites (tertiary alicyclic amines) is 1. The Bertz CT molecular complexity index is 1500. The van der Waals surface area contributed by atoms with Crippen molar-refractivity contribution >= 4 is 16.8 Å². The average molecular weight is 482 g/mol. The van der Waals surface area contributed by atoms with Crippen molar-refractivity contribution in [2.45, 2.75) is 46.3 Å². The Hall–Kier alpha value is -3.71. The number of rotatable bonds is 5. The number of benzene rings is 2. The maximum Gasteiger partial charge on any atom is 0.245 e. The van der Waals surface area contributed by atoms with E-state index in [4.69, 9.17) is 5.10 Å². The summed E-state index contributed by atoms with van der Waals surface area (Å²) in [6.45, 7) is 11.7. The summed E-state index contributed by atoms with van der Waals surface area (Å²) in [6, 6.07) is 10.5. The first kappa shape index (κ1) is 22.7. The van der Waals surface area contributed by atoms with Crippen LogP contribution in [0.15, 0.2) is 49.2 Å². The number of aromatic nitrogens is 4. The molecule has 0 radical (unpaired) electrons. The third kappa shape index (κ3) is 3.33. The Morgan fingerprint density at radius 1 is 1.19 bits per heavy atom. The molecule has 0 unspecified atom stereocenters. The number of nitrogens with zero attached hydrogens (tertiary/aromatic N) is 4. The van der Waals surface area contributed by atoms with Crippen molar-refractivity contribution < 1.29 is 9.90 Å². The molecule has 1 aliphatic heterocycles. The zero-order chi connectivity index (χ0) is 25.2. The lowest BCUT2D eigenvalue weighted by atomic mass is 9.60. The lowest BCUT2D eigenvalue weighted by molar-refractivity contribution is -0.149. The van der Waals surface area contributed by atoms with Crippen molar-refractivity contribution in [3.05, 3.63) is 71.6 Å². The molecule has 0 bridgehead atoms. The van der Waals surface area contributed by atoms with Gasteiger partial charge in [0.1, 0.15) is 5.69 Å². The third-order valence-electron chi connectivity index (χ3n) is 8.30. The summed E-state index contributed by atoms with van der Waals surface area (Å²) in [5, 5.41) is 23.3. The number of nitrogens with one attached hydrogen (secondary N) is 1. The van der Waals surface area contributed by atoms with Crippen LogP contribution in [0.5, 0.6) is 0 Å². The Morgan fingerprint density at radius 3 is 2.58 bits per heavy atom. The van der Waals surface area contributed by atoms with Gasteiger partial charge in [0.05, 0.1) is 24.4 Å². The van der Waals surface area contributed by atoms with Gasteiger partial charge in [-0.1, -0.05) is 30.8 Å². The van der Waals surface area contributed by atoms with E-state index < -0.39 is 0 Å². The topological polar surface area (TPSA) is 87.0 Å². The summed E-state index contributed by atoms with van der Waals surface area (Å²) in [4.78, 5) is 13.8. The van der Waals surface area contributed by atoms with Crippen LogP contribution in [-0.2, 0) is 11.4 Å². The van der Waals surface area contributed by atoms with E-state index in [-0.39, 0.29) is 17.9 Å². The molecule has 3 heterocycles. The molecule has 2 fully saturated rings. The number of aliphatic hydroxyl groups excluding tert-OH is 1. The first-order chi connectivity index (χ1) is 17.3. The molecule has 36 heavy (non-hydrogen) atoms. The number of amides is 1. The maximum atomic E-state index is 11.9. The van der Waals surface area contributed by atoms with Crippen LogP contribution in [0.25, 0.3) is 33.3 Å². The highest BCUT2D eigenvalue weighted by Gasteiger charge is 2.54. The zero-order valence-electron chi connectivity index (χ0n) is 21.0. The van der Waals surface area contributed by atoms with E-state index >= 15 is 0 Å². The highest BCUT2D eigenvalue weighted by atomic mass is 16.3. The smallest absolute Gasteiger partial charge is 0.245 e. The summed E-state index contributed by atoms with van der Waals surface area (Å²) >= 11 is 0. The molecule has 0 atom stereocenters. The monoisotopic (exact) mass is 481 g/mol. The third-order valence-corrected chi connectivity index (χ3v) is 8.30. The number of hydrogen-bond donors (Lipinski definition) is 2. The molecule has 6 rings (SSSR count). The molecule has 7 heteroatoms. The van der Waals surface area contributed by atoms with Gasteiger partial charge in [-0.15, -0.1) is 0 Å². The van der Waals surface area contributed by atoms with Crippen LogP contribution in [0.1, 0.15) is 41.3 Å². The van der Waals surface area contributed by atoms with Gasteiger partial charge in [0.15, 0.2) is 0 Å². The van der Waals surface area contributed by atoms with Crippen molar-refractivity contribution in [1.29, 1.82) is 0 Å². The summed E-state index contributed by atoms with van der Waals surface area (Å²) in [6.07, 6.45) is 5.35. The summed E-state index contributed by atoms with van der Waals surface area (Å²) < 4.78 is 2.21. The quantitative estimate of drug-likeness (QED) is 0.399. The predicted molar refractivity (Wildman–Crippen MR) is 140 cm³/mol. The lowest BCUT2D eigenvalue weighted by Gasteiger charge is -2.58. The molecule has 1 saturated heterocycles. The molecule has 2 N–H and O–H groups in total. The zero-order valence-corrected chi connectivity index (χ0v) is 21.0. The van der Waals surface area contributed by atoms with Crippen LogP contribution in [0.3, 0.4) is 0 Å². The fraction of sp³-hybridized carbons (Fsp3) is 0.345. The molecule has 1 amide bonds. The number of aromatic amines is 1. The fourth-order valence-electron chi connectivity index (χ4n) is 6.21.